The van der Waals surface area contributed by atoms with E-state index in [1.165, 1.54) is 11.1 Å². The number of carbonyl (C=O) groups excluding carboxylic acids is 1. The minimum Gasteiger partial charge on any atom is -0.478 e. The van der Waals surface area contributed by atoms with E-state index in [1.807, 2.05) is 100 Å². The molecule has 1 amide bonds. The fourth-order valence-electron chi connectivity index (χ4n) is 9.26. The zero-order valence-corrected chi connectivity index (χ0v) is 40.3. The number of aromatic nitrogens is 4. The topological polar surface area (TPSA) is 193 Å². The van der Waals surface area contributed by atoms with Crippen molar-refractivity contribution in [2.24, 2.45) is 0 Å². The van der Waals surface area contributed by atoms with Crippen LogP contribution >= 0.6 is 12.4 Å². The van der Waals surface area contributed by atoms with Gasteiger partial charge in [0.15, 0.2) is 0 Å². The van der Waals surface area contributed by atoms with Gasteiger partial charge in [0, 0.05) is 91.1 Å². The predicted molar refractivity (Wildman–Crippen MR) is 264 cm³/mol. The summed E-state index contributed by atoms with van der Waals surface area (Å²) >= 11 is 0. The van der Waals surface area contributed by atoms with Gasteiger partial charge in [-0.15, -0.1) is 12.4 Å². The van der Waals surface area contributed by atoms with Crippen LogP contribution in [0.4, 0.5) is 0 Å². The second-order valence-corrected chi connectivity index (χ2v) is 18.3. The molecule has 0 saturated carbocycles. The molecule has 0 aliphatic carbocycles. The van der Waals surface area contributed by atoms with Crippen molar-refractivity contribution in [2.45, 2.75) is 78.1 Å². The Hall–Kier alpha value is -6.61. The second kappa shape index (κ2) is 21.6. The predicted octanol–water partition coefficient (Wildman–Crippen LogP) is 9.49. The van der Waals surface area contributed by atoms with Crippen molar-refractivity contribution in [3.63, 3.8) is 0 Å². The van der Waals surface area contributed by atoms with Gasteiger partial charge in [0.1, 0.15) is 11.6 Å². The number of H-pyrrole nitrogens is 2. The molecule has 10 rings (SSSR count). The van der Waals surface area contributed by atoms with Crippen molar-refractivity contribution in [1.82, 2.24) is 30.2 Å². The van der Waals surface area contributed by atoms with E-state index in [0.717, 1.165) is 118 Å². The average Bonchev–Trinajstić information content (AvgIpc) is 4.13. The molecular formula is C54H59ClN8O5. The molecule has 4 N–H and O–H groups in total. The first-order chi connectivity index (χ1) is 32.3. The zero-order valence-electron chi connectivity index (χ0n) is 39.5. The molecule has 13 nitrogen and oxygen atoms in total. The molecule has 4 fully saturated rings. The summed E-state index contributed by atoms with van der Waals surface area (Å²) in [5.74, 6) is 2.66. The minimum absolute atomic E-state index is 0. The molecule has 0 spiro atoms. The van der Waals surface area contributed by atoms with Crippen LogP contribution in [0.25, 0.3) is 22.5 Å². The molecule has 4 saturated heterocycles. The summed E-state index contributed by atoms with van der Waals surface area (Å²) in [7, 11) is 0. The number of nitrogens with one attached hydrogen (secondary N) is 3. The summed E-state index contributed by atoms with van der Waals surface area (Å²) in [5.41, 5.74) is 14.5. The van der Waals surface area contributed by atoms with E-state index in [2.05, 4.69) is 40.4 Å². The van der Waals surface area contributed by atoms with Gasteiger partial charge in [-0.05, 0) is 124 Å². The van der Waals surface area contributed by atoms with Crippen molar-refractivity contribution < 1.29 is 24.2 Å². The highest BCUT2D eigenvalue weighted by Crippen LogP contribution is 2.35. The quantitative estimate of drug-likeness (QED) is 0.114. The van der Waals surface area contributed by atoms with Gasteiger partial charge in [0.2, 0.25) is 0 Å². The molecule has 4 aliphatic heterocycles. The third-order valence-corrected chi connectivity index (χ3v) is 13.5. The fraction of sp³-hybridized carbons (Fsp3) is 0.370. The maximum Gasteiger partial charge on any atom is 0.335 e. The lowest BCUT2D eigenvalue weighted by molar-refractivity contribution is 0.0601. The number of carbonyl (C=O) groups is 2. The maximum atomic E-state index is 13.4. The average molecular weight is 936 g/mol. The summed E-state index contributed by atoms with van der Waals surface area (Å²) in [6.07, 6.45) is 1.96. The van der Waals surface area contributed by atoms with E-state index < -0.39 is 5.97 Å². The highest BCUT2D eigenvalue weighted by atomic mass is 35.5. The maximum absolute atomic E-state index is 13.4. The molecule has 2 unspecified atom stereocenters. The van der Waals surface area contributed by atoms with Crippen molar-refractivity contribution in [3.8, 4) is 34.7 Å². The van der Waals surface area contributed by atoms with Gasteiger partial charge >= 0.3 is 5.97 Å². The first kappa shape index (κ1) is 49.3. The van der Waals surface area contributed by atoms with Gasteiger partial charge in [0.25, 0.3) is 5.91 Å². The van der Waals surface area contributed by atoms with Gasteiger partial charge in [-0.3, -0.25) is 4.79 Å². The van der Waals surface area contributed by atoms with Crippen LogP contribution in [0, 0.1) is 64.2 Å². The third-order valence-electron chi connectivity index (χ3n) is 13.5. The van der Waals surface area contributed by atoms with Crippen LogP contribution in [0.5, 0.6) is 0 Å². The number of ether oxygens (including phenoxy) is 2. The smallest absolute Gasteiger partial charge is 0.335 e. The molecule has 0 radical (unpaired) electrons. The second-order valence-electron chi connectivity index (χ2n) is 18.3. The molecule has 6 aromatic rings. The molecule has 68 heavy (non-hydrogen) atoms. The number of aromatic carboxylic acids is 1. The molecule has 2 atom stereocenters. The van der Waals surface area contributed by atoms with Crippen LogP contribution in [0.15, 0.2) is 72.8 Å². The lowest BCUT2D eigenvalue weighted by Gasteiger charge is -2.40. The number of amides is 1. The van der Waals surface area contributed by atoms with Gasteiger partial charge in [-0.2, -0.15) is 10.5 Å². The molecule has 4 aliphatic rings. The van der Waals surface area contributed by atoms with Gasteiger partial charge in [-0.1, -0.05) is 36.4 Å². The Morgan fingerprint density at radius 1 is 0.632 bits per heavy atom. The van der Waals surface area contributed by atoms with E-state index in [4.69, 9.17) is 30.0 Å². The monoisotopic (exact) mass is 934 g/mol. The van der Waals surface area contributed by atoms with E-state index in [0.29, 0.717) is 61.1 Å². The lowest BCUT2D eigenvalue weighted by Crippen LogP contribution is -2.48. The highest BCUT2D eigenvalue weighted by molar-refractivity contribution is 5.98. The standard InChI is InChI=1S/C27H28N4O2.C17H20N2O3.C10H10N2.ClH/c1-16-10-17(2)24(11-23(16)25-18(3)29-26(30-25)21-8-9-33-15-21)27(32)31-13-22(14-31)20-6-4-19(12-28)5-7-20;1-9-6-10(2)14(17(20)21)7-13(9)15-11(3)18-16(19-15)12-4-5-22-8-12;11-5-8-1-3-9(4-2-8)10-6-12-7-10;/h4-7,10-11,21-22H,8-9,13-15H2,1-3H3,(H,29,30);6-7,12H,4-5,8H2,1-3H3,(H,18,19)(H,20,21);1-4,10,12H,6-7H2;1H. The summed E-state index contributed by atoms with van der Waals surface area (Å²) in [6.45, 7) is 18.4. The lowest BCUT2D eigenvalue weighted by atomic mass is 9.89. The number of nitrogens with zero attached hydrogens (tertiary/aromatic N) is 5. The Kier molecular flexibility index (Phi) is 15.6. The van der Waals surface area contributed by atoms with Crippen LogP contribution in [-0.2, 0) is 9.47 Å². The van der Waals surface area contributed by atoms with E-state index in [1.54, 1.807) is 6.07 Å². The molecule has 0 bridgehead atoms. The fourth-order valence-corrected chi connectivity index (χ4v) is 9.26. The van der Waals surface area contributed by atoms with Crippen LogP contribution in [0.1, 0.15) is 125 Å². The molecule has 2 aromatic heterocycles. The number of hydrogen-bond acceptors (Lipinski definition) is 9. The number of hydrogen-bond donors (Lipinski definition) is 4. The van der Waals surface area contributed by atoms with Crippen molar-refractivity contribution in [1.29, 1.82) is 10.5 Å². The number of aromatic amines is 2. The summed E-state index contributed by atoms with van der Waals surface area (Å²) in [6, 6.07) is 27.5. The SMILES string of the molecule is Cc1cc(C)c(-c2nc(C3CCOC3)[nH]c2C)cc1C(=O)N1CC(c2ccc(C#N)cc2)C1.Cc1cc(C)c(-c2nc(C3CCOC3)[nH]c2C)cc1C(=O)O.Cl.N#Cc1ccc(C2CNC2)cc1. The Bertz CT molecular complexity index is 2850. The summed E-state index contributed by atoms with van der Waals surface area (Å²) < 4.78 is 10.9. The Labute approximate surface area is 404 Å². The first-order valence-corrected chi connectivity index (χ1v) is 23.1. The van der Waals surface area contributed by atoms with Crippen molar-refractivity contribution >= 4 is 24.3 Å². The number of rotatable bonds is 8. The van der Waals surface area contributed by atoms with E-state index in [9.17, 15) is 14.7 Å². The number of benzene rings is 4. The Balaban J connectivity index is 0.000000168. The number of carboxylic acids is 1. The van der Waals surface area contributed by atoms with Crippen LogP contribution < -0.4 is 5.32 Å². The first-order valence-electron chi connectivity index (χ1n) is 23.1. The number of halogens is 1. The van der Waals surface area contributed by atoms with E-state index in [-0.39, 0.29) is 18.3 Å². The summed E-state index contributed by atoms with van der Waals surface area (Å²) in [4.78, 5) is 43.1. The van der Waals surface area contributed by atoms with Crippen LogP contribution in [-0.4, -0.2) is 94.4 Å². The van der Waals surface area contributed by atoms with Crippen LogP contribution in [0.3, 0.4) is 0 Å². The third kappa shape index (κ3) is 10.7. The number of aryl methyl sites for hydroxylation is 6. The summed E-state index contributed by atoms with van der Waals surface area (Å²) in [5, 5.41) is 30.1. The van der Waals surface area contributed by atoms with E-state index >= 15 is 0 Å². The molecule has 352 valence electrons. The number of nitriles is 2. The molecule has 14 heteroatoms. The molecule has 6 heterocycles. The largest absolute Gasteiger partial charge is 0.478 e. The number of likely N-dealkylation sites (tertiary alicyclic amines) is 1. The molecule has 4 aromatic carbocycles. The number of imidazole rings is 2. The van der Waals surface area contributed by atoms with Crippen molar-refractivity contribution in [2.75, 3.05) is 52.6 Å². The van der Waals surface area contributed by atoms with Crippen LogP contribution in [0.2, 0.25) is 0 Å². The van der Waals surface area contributed by atoms with Gasteiger partial charge < -0.3 is 34.8 Å². The normalized spacial score (nSPS) is 17.6. The van der Waals surface area contributed by atoms with Crippen molar-refractivity contribution in [3.05, 3.63) is 151 Å². The van der Waals surface area contributed by atoms with Gasteiger partial charge in [-0.25, -0.2) is 14.8 Å². The Morgan fingerprint density at radius 2 is 1.07 bits per heavy atom. The molecular weight excluding hydrogens is 876 g/mol. The number of carboxylic acid groups (broad SMARTS) is 1. The minimum atomic E-state index is -0.906. The Morgan fingerprint density at radius 3 is 1.47 bits per heavy atom. The van der Waals surface area contributed by atoms with Gasteiger partial charge in [0.05, 0.1) is 53.4 Å². The highest BCUT2D eigenvalue weighted by Gasteiger charge is 2.33. The zero-order chi connectivity index (χ0) is 47.4.